The first kappa shape index (κ1) is 22.7. The van der Waals surface area contributed by atoms with Crippen LogP contribution in [0.3, 0.4) is 0 Å². The van der Waals surface area contributed by atoms with Gasteiger partial charge in [0, 0.05) is 35.5 Å². The zero-order valence-corrected chi connectivity index (χ0v) is 20.2. The second-order valence-electron chi connectivity index (χ2n) is 9.09. The first-order valence-corrected chi connectivity index (χ1v) is 12.1. The van der Waals surface area contributed by atoms with E-state index >= 15 is 0 Å². The number of aromatic nitrogens is 1. The molecule has 8 heteroatoms. The number of fused-ring (bicyclic) bond motifs is 6. The summed E-state index contributed by atoms with van der Waals surface area (Å²) >= 11 is 0. The van der Waals surface area contributed by atoms with Crippen LogP contribution in [0, 0.1) is 0 Å². The van der Waals surface area contributed by atoms with Crippen molar-refractivity contribution >= 4 is 40.0 Å². The fourth-order valence-corrected chi connectivity index (χ4v) is 5.13. The minimum absolute atomic E-state index is 0.121. The summed E-state index contributed by atoms with van der Waals surface area (Å²) in [6.45, 7) is 0.332. The minimum atomic E-state index is -0.518. The van der Waals surface area contributed by atoms with Crippen molar-refractivity contribution in [1.82, 2.24) is 9.88 Å². The molecule has 0 saturated heterocycles. The summed E-state index contributed by atoms with van der Waals surface area (Å²) in [5, 5.41) is 3.79. The molecule has 4 aromatic rings. The summed E-state index contributed by atoms with van der Waals surface area (Å²) < 4.78 is 5.23. The molecule has 3 amide bonds. The summed E-state index contributed by atoms with van der Waals surface area (Å²) in [4.78, 5) is 47.3. The molecule has 0 bridgehead atoms. The highest BCUT2D eigenvalue weighted by Crippen LogP contribution is 2.45. The second-order valence-corrected chi connectivity index (χ2v) is 9.09. The van der Waals surface area contributed by atoms with E-state index in [4.69, 9.17) is 4.74 Å². The van der Waals surface area contributed by atoms with Gasteiger partial charge in [-0.3, -0.25) is 24.3 Å². The maximum absolute atomic E-state index is 13.5. The van der Waals surface area contributed by atoms with E-state index < -0.39 is 6.17 Å². The second kappa shape index (κ2) is 9.05. The van der Waals surface area contributed by atoms with E-state index in [-0.39, 0.29) is 24.1 Å². The Morgan fingerprint density at radius 1 is 0.973 bits per heavy atom. The van der Waals surface area contributed by atoms with Crippen LogP contribution >= 0.6 is 0 Å². The lowest BCUT2D eigenvalue weighted by molar-refractivity contribution is -0.116. The molecule has 1 unspecified atom stereocenters. The van der Waals surface area contributed by atoms with Crippen molar-refractivity contribution in [1.29, 1.82) is 0 Å². The van der Waals surface area contributed by atoms with Crippen molar-refractivity contribution in [3.63, 3.8) is 0 Å². The lowest BCUT2D eigenvalue weighted by atomic mass is 10.0. The Kier molecular flexibility index (Phi) is 5.56. The molecule has 0 radical (unpaired) electrons. The summed E-state index contributed by atoms with van der Waals surface area (Å²) in [6.07, 6.45) is 1.76. The van der Waals surface area contributed by atoms with Crippen molar-refractivity contribution in [2.75, 3.05) is 23.9 Å². The number of para-hydroxylation sites is 1. The molecule has 1 N–H and O–H groups in total. The van der Waals surface area contributed by atoms with Gasteiger partial charge in [0.2, 0.25) is 5.91 Å². The predicted octanol–water partition coefficient (Wildman–Crippen LogP) is 4.78. The topological polar surface area (TPSA) is 91.8 Å². The predicted molar refractivity (Wildman–Crippen MR) is 140 cm³/mol. The average molecular weight is 493 g/mol. The van der Waals surface area contributed by atoms with E-state index in [0.717, 1.165) is 22.2 Å². The number of nitrogens with zero attached hydrogens (tertiary/aromatic N) is 3. The van der Waals surface area contributed by atoms with E-state index in [1.165, 1.54) is 0 Å². The number of anilines is 2. The summed E-state index contributed by atoms with van der Waals surface area (Å²) in [5.41, 5.74) is 3.89. The van der Waals surface area contributed by atoms with Crippen LogP contribution in [0.4, 0.5) is 11.4 Å². The summed E-state index contributed by atoms with van der Waals surface area (Å²) in [5.74, 6) is 0.289. The number of amides is 3. The van der Waals surface area contributed by atoms with Crippen molar-refractivity contribution in [2.24, 2.45) is 0 Å². The Morgan fingerprint density at radius 2 is 1.76 bits per heavy atom. The normalized spacial score (nSPS) is 15.9. The zero-order valence-electron chi connectivity index (χ0n) is 20.2. The van der Waals surface area contributed by atoms with Crippen molar-refractivity contribution in [3.8, 4) is 5.75 Å². The maximum atomic E-state index is 13.5. The monoisotopic (exact) mass is 492 g/mol. The third kappa shape index (κ3) is 3.87. The summed E-state index contributed by atoms with van der Waals surface area (Å²) in [7, 11) is 1.60. The Hall–Kier alpha value is -4.72. The molecule has 0 saturated carbocycles. The number of carbonyl (C=O) groups is 3. The molecule has 3 aromatic carbocycles. The quantitative estimate of drug-likeness (QED) is 0.418. The fraction of sp³-hybridized carbons (Fsp3) is 0.172. The van der Waals surface area contributed by atoms with Crippen LogP contribution in [0.1, 0.15) is 45.3 Å². The minimum Gasteiger partial charge on any atom is -0.497 e. The molecule has 0 aliphatic carbocycles. The number of hydrogen-bond donors (Lipinski definition) is 1. The Bertz CT molecular complexity index is 1570. The van der Waals surface area contributed by atoms with Gasteiger partial charge in [-0.1, -0.05) is 30.3 Å². The smallest absolute Gasteiger partial charge is 0.260 e. The van der Waals surface area contributed by atoms with Crippen LogP contribution in [0.2, 0.25) is 0 Å². The molecule has 1 atom stereocenters. The number of carbonyl (C=O) groups excluding carboxylic acids is 3. The van der Waals surface area contributed by atoms with Crippen LogP contribution in [-0.2, 0) is 4.79 Å². The van der Waals surface area contributed by atoms with Crippen LogP contribution in [-0.4, -0.2) is 41.3 Å². The van der Waals surface area contributed by atoms with Crippen LogP contribution < -0.4 is 15.0 Å². The standard InChI is InChI=1S/C29H24N4O4/c1-37-20-13-12-18-15-19(17-30-24(18)16-20)31-26(34)11-6-14-32-27-21-7-2-3-8-22(21)29(36)33(27)25-10-5-4-9-23(25)28(32)35/h2-5,7-10,12-13,15-17,27H,6,11,14H2,1H3,(H,31,34). The number of pyridine rings is 1. The molecular weight excluding hydrogens is 468 g/mol. The van der Waals surface area contributed by atoms with Gasteiger partial charge >= 0.3 is 0 Å². The van der Waals surface area contributed by atoms with Gasteiger partial charge in [-0.25, -0.2) is 0 Å². The molecule has 6 rings (SSSR count). The number of nitrogens with one attached hydrogen (secondary N) is 1. The first-order chi connectivity index (χ1) is 18.0. The van der Waals surface area contributed by atoms with Crippen LogP contribution in [0.5, 0.6) is 5.75 Å². The van der Waals surface area contributed by atoms with Gasteiger partial charge in [0.1, 0.15) is 11.9 Å². The molecule has 2 aliphatic heterocycles. The van der Waals surface area contributed by atoms with Gasteiger partial charge in [-0.2, -0.15) is 0 Å². The van der Waals surface area contributed by atoms with Gasteiger partial charge in [-0.05, 0) is 42.8 Å². The Balaban J connectivity index is 1.18. The molecule has 184 valence electrons. The fourth-order valence-electron chi connectivity index (χ4n) is 5.13. The van der Waals surface area contributed by atoms with Gasteiger partial charge in [0.05, 0.1) is 35.8 Å². The number of rotatable bonds is 6. The van der Waals surface area contributed by atoms with Gasteiger partial charge in [0.15, 0.2) is 0 Å². The largest absolute Gasteiger partial charge is 0.497 e. The Morgan fingerprint density at radius 3 is 2.59 bits per heavy atom. The van der Waals surface area contributed by atoms with Crippen molar-refractivity contribution < 1.29 is 19.1 Å². The average Bonchev–Trinajstić information content (AvgIpc) is 3.22. The van der Waals surface area contributed by atoms with E-state index in [9.17, 15) is 14.4 Å². The molecule has 3 heterocycles. The van der Waals surface area contributed by atoms with E-state index in [0.29, 0.717) is 35.5 Å². The third-order valence-electron chi connectivity index (χ3n) is 6.86. The molecule has 1 aromatic heterocycles. The highest BCUT2D eigenvalue weighted by molar-refractivity contribution is 6.16. The zero-order chi connectivity index (χ0) is 25.5. The summed E-state index contributed by atoms with van der Waals surface area (Å²) in [6, 6.07) is 22.0. The number of benzene rings is 3. The van der Waals surface area contributed by atoms with Gasteiger partial charge in [0.25, 0.3) is 11.8 Å². The SMILES string of the molecule is COc1ccc2cc(NC(=O)CCCN3C(=O)c4ccccc4N4C(=O)c5ccccc5C34)cnc2c1. The van der Waals surface area contributed by atoms with Crippen LogP contribution in [0.25, 0.3) is 10.9 Å². The van der Waals surface area contributed by atoms with Crippen molar-refractivity contribution in [3.05, 3.63) is 95.7 Å². The number of ether oxygens (including phenoxy) is 1. The lowest BCUT2D eigenvalue weighted by Gasteiger charge is -2.41. The molecule has 2 aliphatic rings. The van der Waals surface area contributed by atoms with Gasteiger partial charge in [-0.15, -0.1) is 0 Å². The number of methoxy groups -OCH3 is 1. The highest BCUT2D eigenvalue weighted by Gasteiger charge is 2.47. The maximum Gasteiger partial charge on any atom is 0.260 e. The molecular formula is C29H24N4O4. The Labute approximate surface area is 213 Å². The van der Waals surface area contributed by atoms with Crippen LogP contribution in [0.15, 0.2) is 79.0 Å². The number of hydrogen-bond acceptors (Lipinski definition) is 5. The van der Waals surface area contributed by atoms with E-state index in [1.54, 1.807) is 41.3 Å². The van der Waals surface area contributed by atoms with E-state index in [2.05, 4.69) is 10.3 Å². The lowest BCUT2D eigenvalue weighted by Crippen LogP contribution is -2.48. The van der Waals surface area contributed by atoms with E-state index in [1.807, 2.05) is 54.6 Å². The highest BCUT2D eigenvalue weighted by atomic mass is 16.5. The molecule has 37 heavy (non-hydrogen) atoms. The molecule has 0 fully saturated rings. The van der Waals surface area contributed by atoms with Gasteiger partial charge < -0.3 is 15.0 Å². The third-order valence-corrected chi connectivity index (χ3v) is 6.86. The molecule has 8 nitrogen and oxygen atoms in total. The van der Waals surface area contributed by atoms with Crippen molar-refractivity contribution in [2.45, 2.75) is 19.0 Å². The molecule has 0 spiro atoms. The first-order valence-electron chi connectivity index (χ1n) is 12.1.